The molecule has 4 heteroatoms. The van der Waals surface area contributed by atoms with Crippen LogP contribution in [0.25, 0.3) is 0 Å². The Kier molecular flexibility index (Phi) is 2.64. The van der Waals surface area contributed by atoms with Crippen molar-refractivity contribution < 1.29 is 14.3 Å². The molecule has 14 heavy (non-hydrogen) atoms. The second-order valence-corrected chi connectivity index (χ2v) is 4.37. The van der Waals surface area contributed by atoms with E-state index in [4.69, 9.17) is 4.74 Å². The lowest BCUT2D eigenvalue weighted by Crippen LogP contribution is -2.38. The van der Waals surface area contributed by atoms with Gasteiger partial charge in [0.05, 0.1) is 0 Å². The van der Waals surface area contributed by atoms with Crippen LogP contribution in [0.2, 0.25) is 0 Å². The molecule has 1 amide bonds. The lowest BCUT2D eigenvalue weighted by Gasteiger charge is -2.21. The molecule has 1 rings (SSSR count). The molecule has 1 N–H and O–H groups in total. The molecule has 1 unspecified atom stereocenters. The molecular weight excluding hydrogens is 182 g/mol. The summed E-state index contributed by atoms with van der Waals surface area (Å²) in [5.74, 6) is -0.662. The number of hydrogen-bond acceptors (Lipinski definition) is 3. The first-order valence-corrected chi connectivity index (χ1v) is 4.51. The first kappa shape index (κ1) is 10.8. The van der Waals surface area contributed by atoms with Gasteiger partial charge in [-0.25, -0.2) is 4.79 Å². The number of nitrogens with one attached hydrogen (secondary N) is 1. The second-order valence-electron chi connectivity index (χ2n) is 4.37. The van der Waals surface area contributed by atoms with Crippen molar-refractivity contribution in [1.82, 2.24) is 5.32 Å². The third kappa shape index (κ3) is 2.58. The summed E-state index contributed by atoms with van der Waals surface area (Å²) >= 11 is 0. The molecule has 0 saturated carbocycles. The Hall–Kier alpha value is -1.32. The van der Waals surface area contributed by atoms with Gasteiger partial charge in [-0.15, -0.1) is 0 Å². The van der Waals surface area contributed by atoms with Crippen molar-refractivity contribution in [2.24, 2.45) is 0 Å². The number of carbonyl (C=O) groups is 2. The highest BCUT2D eigenvalue weighted by atomic mass is 16.6. The van der Waals surface area contributed by atoms with Gasteiger partial charge in [-0.1, -0.05) is 6.58 Å². The third-order valence-corrected chi connectivity index (χ3v) is 1.77. The van der Waals surface area contributed by atoms with E-state index in [1.807, 2.05) is 0 Å². The van der Waals surface area contributed by atoms with Gasteiger partial charge in [-0.3, -0.25) is 4.79 Å². The van der Waals surface area contributed by atoms with Crippen LogP contribution in [0.15, 0.2) is 12.2 Å². The minimum absolute atomic E-state index is 0.263. The lowest BCUT2D eigenvalue weighted by atomic mass is 10.1. The molecule has 0 aromatic carbocycles. The van der Waals surface area contributed by atoms with E-state index in [-0.39, 0.29) is 5.91 Å². The van der Waals surface area contributed by atoms with Crippen molar-refractivity contribution in [3.05, 3.63) is 12.2 Å². The Morgan fingerprint density at radius 3 is 2.50 bits per heavy atom. The molecule has 1 saturated heterocycles. The third-order valence-electron chi connectivity index (χ3n) is 1.77. The second kappa shape index (κ2) is 3.44. The summed E-state index contributed by atoms with van der Waals surface area (Å²) in [6.45, 7) is 8.91. The smallest absolute Gasteiger partial charge is 0.329 e. The molecule has 0 aromatic heterocycles. The number of amides is 1. The van der Waals surface area contributed by atoms with Crippen LogP contribution in [-0.2, 0) is 14.3 Å². The highest BCUT2D eigenvalue weighted by molar-refractivity contribution is 6.00. The maximum Gasteiger partial charge on any atom is 0.329 e. The minimum atomic E-state index is -0.561. The molecule has 78 valence electrons. The zero-order valence-corrected chi connectivity index (χ0v) is 8.72. The van der Waals surface area contributed by atoms with Gasteiger partial charge in [0.2, 0.25) is 5.91 Å². The van der Waals surface area contributed by atoms with Gasteiger partial charge in [0.1, 0.15) is 11.6 Å². The number of ether oxygens (including phenoxy) is 1. The average molecular weight is 197 g/mol. The molecule has 1 atom stereocenters. The monoisotopic (exact) mass is 197 g/mol. The van der Waals surface area contributed by atoms with Crippen LogP contribution in [0.4, 0.5) is 0 Å². The van der Waals surface area contributed by atoms with Gasteiger partial charge in [0, 0.05) is 12.0 Å². The molecule has 0 spiro atoms. The van der Waals surface area contributed by atoms with E-state index in [0.717, 1.165) is 0 Å². The van der Waals surface area contributed by atoms with E-state index in [1.165, 1.54) is 0 Å². The van der Waals surface area contributed by atoms with Crippen molar-refractivity contribution >= 4 is 11.9 Å². The normalized spacial score (nSPS) is 22.1. The van der Waals surface area contributed by atoms with Crippen LogP contribution in [0.5, 0.6) is 0 Å². The summed E-state index contributed by atoms with van der Waals surface area (Å²) in [5, 5.41) is 2.51. The molecule has 0 radical (unpaired) electrons. The SMILES string of the molecule is C=C1CC(C(=O)OC(C)(C)C)NC1=O. The number of esters is 1. The van der Waals surface area contributed by atoms with Crippen molar-refractivity contribution in [3.8, 4) is 0 Å². The first-order chi connectivity index (χ1) is 6.29. The number of hydrogen-bond donors (Lipinski definition) is 1. The Labute approximate surface area is 83.3 Å². The topological polar surface area (TPSA) is 55.4 Å². The maximum atomic E-state index is 11.5. The Morgan fingerprint density at radius 1 is 1.57 bits per heavy atom. The van der Waals surface area contributed by atoms with E-state index in [1.54, 1.807) is 20.8 Å². The molecule has 1 fully saturated rings. The summed E-state index contributed by atoms with van der Waals surface area (Å²) in [5.41, 5.74) is -0.0907. The van der Waals surface area contributed by atoms with Crippen LogP contribution in [0.1, 0.15) is 27.2 Å². The Morgan fingerprint density at radius 2 is 2.14 bits per heavy atom. The average Bonchev–Trinajstić information content (AvgIpc) is 2.28. The Bertz CT molecular complexity index is 272. The molecule has 1 aliphatic heterocycles. The van der Waals surface area contributed by atoms with E-state index in [2.05, 4.69) is 11.9 Å². The predicted octanol–water partition coefficient (Wildman–Crippen LogP) is 0.773. The van der Waals surface area contributed by atoms with Crippen molar-refractivity contribution in [3.63, 3.8) is 0 Å². The summed E-state index contributed by atoms with van der Waals surface area (Å²) in [6.07, 6.45) is 0.341. The van der Waals surface area contributed by atoms with E-state index >= 15 is 0 Å². The van der Waals surface area contributed by atoms with Gasteiger partial charge in [-0.05, 0) is 20.8 Å². The standard InChI is InChI=1S/C10H15NO3/c1-6-5-7(11-8(6)12)9(13)14-10(2,3)4/h7H,1,5H2,2-4H3,(H,11,12). The molecule has 0 aliphatic carbocycles. The number of carbonyl (C=O) groups excluding carboxylic acids is 2. The van der Waals surface area contributed by atoms with Crippen molar-refractivity contribution in [1.29, 1.82) is 0 Å². The summed E-state index contributed by atoms with van der Waals surface area (Å²) in [4.78, 5) is 22.5. The molecular formula is C10H15NO3. The zero-order valence-electron chi connectivity index (χ0n) is 8.72. The molecule has 0 aromatic rings. The van der Waals surface area contributed by atoms with Crippen LogP contribution < -0.4 is 5.32 Å². The maximum absolute atomic E-state index is 11.5. The highest BCUT2D eigenvalue weighted by Gasteiger charge is 2.33. The number of rotatable bonds is 1. The fraction of sp³-hybridized carbons (Fsp3) is 0.600. The highest BCUT2D eigenvalue weighted by Crippen LogP contribution is 2.16. The fourth-order valence-corrected chi connectivity index (χ4v) is 1.17. The van der Waals surface area contributed by atoms with E-state index in [9.17, 15) is 9.59 Å². The van der Waals surface area contributed by atoms with Crippen LogP contribution >= 0.6 is 0 Å². The van der Waals surface area contributed by atoms with Gasteiger partial charge < -0.3 is 10.1 Å². The van der Waals surface area contributed by atoms with E-state index < -0.39 is 17.6 Å². The Balaban J connectivity index is 2.56. The molecule has 1 aliphatic rings. The molecule has 0 bridgehead atoms. The van der Waals surface area contributed by atoms with Crippen molar-refractivity contribution in [2.75, 3.05) is 0 Å². The van der Waals surface area contributed by atoms with Gasteiger partial charge in [-0.2, -0.15) is 0 Å². The van der Waals surface area contributed by atoms with Gasteiger partial charge in [0.15, 0.2) is 0 Å². The largest absolute Gasteiger partial charge is 0.458 e. The fourth-order valence-electron chi connectivity index (χ4n) is 1.17. The predicted molar refractivity (Wildman–Crippen MR) is 51.5 cm³/mol. The van der Waals surface area contributed by atoms with Gasteiger partial charge in [0.25, 0.3) is 0 Å². The van der Waals surface area contributed by atoms with Crippen LogP contribution in [0.3, 0.4) is 0 Å². The quantitative estimate of drug-likeness (QED) is 0.499. The summed E-state index contributed by atoms with van der Waals surface area (Å²) in [7, 11) is 0. The van der Waals surface area contributed by atoms with Gasteiger partial charge >= 0.3 is 5.97 Å². The zero-order chi connectivity index (χ0) is 10.9. The first-order valence-electron chi connectivity index (χ1n) is 4.51. The summed E-state index contributed by atoms with van der Waals surface area (Å²) in [6, 6.07) is -0.561. The molecule has 4 nitrogen and oxygen atoms in total. The molecule has 1 heterocycles. The van der Waals surface area contributed by atoms with Crippen LogP contribution in [-0.4, -0.2) is 23.5 Å². The van der Waals surface area contributed by atoms with Crippen LogP contribution in [0, 0.1) is 0 Å². The lowest BCUT2D eigenvalue weighted by molar-refractivity contribution is -0.157. The minimum Gasteiger partial charge on any atom is -0.458 e. The van der Waals surface area contributed by atoms with E-state index in [0.29, 0.717) is 12.0 Å². The van der Waals surface area contributed by atoms with Crippen molar-refractivity contribution in [2.45, 2.75) is 38.8 Å². The summed E-state index contributed by atoms with van der Waals surface area (Å²) < 4.78 is 5.12.